The van der Waals surface area contributed by atoms with Gasteiger partial charge in [-0.15, -0.1) is 0 Å². The fraction of sp³-hybridized carbons (Fsp3) is 0.600. The molecule has 0 aliphatic heterocycles. The Kier molecular flexibility index (Phi) is 2.76. The van der Waals surface area contributed by atoms with Crippen molar-refractivity contribution in [3.63, 3.8) is 0 Å². The predicted octanol–water partition coefficient (Wildman–Crippen LogP) is 2.82. The molecular weight excluding hydrogens is 228 g/mol. The molecule has 3 heteroatoms. The van der Waals surface area contributed by atoms with Crippen LogP contribution in [0.1, 0.15) is 34.1 Å². The minimum atomic E-state index is -0.813. The van der Waals surface area contributed by atoms with Gasteiger partial charge in [-0.05, 0) is 25.3 Å². The maximum Gasteiger partial charge on any atom is 0.311 e. The lowest BCUT2D eigenvalue weighted by atomic mass is 9.81. The Labute approximate surface area is 108 Å². The molecule has 0 aromatic heterocycles. The van der Waals surface area contributed by atoms with E-state index in [2.05, 4.69) is 0 Å². The minimum Gasteiger partial charge on any atom is -0.481 e. The van der Waals surface area contributed by atoms with Gasteiger partial charge in [-0.2, -0.15) is 0 Å². The van der Waals surface area contributed by atoms with Gasteiger partial charge < -0.3 is 5.11 Å². The van der Waals surface area contributed by atoms with E-state index in [4.69, 9.17) is 0 Å². The van der Waals surface area contributed by atoms with Crippen LogP contribution in [-0.4, -0.2) is 16.9 Å². The topological polar surface area (TPSA) is 54.4 Å². The van der Waals surface area contributed by atoms with E-state index >= 15 is 0 Å². The van der Waals surface area contributed by atoms with Crippen LogP contribution in [0.15, 0.2) is 23.8 Å². The summed E-state index contributed by atoms with van der Waals surface area (Å²) in [7, 11) is 0. The second-order valence-corrected chi connectivity index (χ2v) is 6.25. The summed E-state index contributed by atoms with van der Waals surface area (Å²) in [5.41, 5.74) is 0.0207. The zero-order chi connectivity index (χ0) is 13.7. The number of carbonyl (C=O) groups is 2. The van der Waals surface area contributed by atoms with E-state index in [-0.39, 0.29) is 23.0 Å². The van der Waals surface area contributed by atoms with Gasteiger partial charge in [0.15, 0.2) is 5.78 Å². The van der Waals surface area contributed by atoms with Crippen LogP contribution in [0.2, 0.25) is 0 Å². The molecule has 1 fully saturated rings. The Hall–Kier alpha value is -1.38. The standard InChI is InChI=1S/C15H20O3/c1-9(2)7-12-14(3,4)15(12,13(17)18)10-5-6-11(16)8-10/h5-7,10,12H,8H2,1-4H3,(H,17,18)/t10?,12-,15+/m1/s1. The molecule has 0 saturated heterocycles. The van der Waals surface area contributed by atoms with Crippen LogP contribution in [-0.2, 0) is 9.59 Å². The van der Waals surface area contributed by atoms with Gasteiger partial charge >= 0.3 is 5.97 Å². The second-order valence-electron chi connectivity index (χ2n) is 6.25. The maximum absolute atomic E-state index is 11.8. The number of carboxylic acid groups (broad SMARTS) is 1. The van der Waals surface area contributed by atoms with Gasteiger partial charge in [0.2, 0.25) is 0 Å². The number of hydrogen-bond donors (Lipinski definition) is 1. The molecule has 0 aromatic rings. The molecule has 0 amide bonds. The van der Waals surface area contributed by atoms with Crippen molar-refractivity contribution in [3.8, 4) is 0 Å². The van der Waals surface area contributed by atoms with Gasteiger partial charge in [-0.3, -0.25) is 9.59 Å². The number of carboxylic acids is 1. The van der Waals surface area contributed by atoms with Crippen molar-refractivity contribution in [2.45, 2.75) is 34.1 Å². The van der Waals surface area contributed by atoms with Crippen LogP contribution in [0.3, 0.4) is 0 Å². The zero-order valence-corrected chi connectivity index (χ0v) is 11.4. The van der Waals surface area contributed by atoms with Gasteiger partial charge in [-0.25, -0.2) is 0 Å². The molecule has 0 aromatic carbocycles. The van der Waals surface area contributed by atoms with E-state index in [0.29, 0.717) is 6.42 Å². The third-order valence-electron chi connectivity index (χ3n) is 4.63. The van der Waals surface area contributed by atoms with E-state index in [1.807, 2.05) is 33.8 Å². The number of carbonyl (C=O) groups excluding carboxylic acids is 1. The predicted molar refractivity (Wildman–Crippen MR) is 69.0 cm³/mol. The molecule has 18 heavy (non-hydrogen) atoms. The summed E-state index contributed by atoms with van der Waals surface area (Å²) in [5, 5.41) is 9.69. The van der Waals surface area contributed by atoms with Crippen LogP contribution in [0.25, 0.3) is 0 Å². The van der Waals surface area contributed by atoms with Gasteiger partial charge in [-0.1, -0.05) is 31.6 Å². The van der Waals surface area contributed by atoms with E-state index in [9.17, 15) is 14.7 Å². The van der Waals surface area contributed by atoms with Crippen LogP contribution >= 0.6 is 0 Å². The number of hydrogen-bond acceptors (Lipinski definition) is 2. The Morgan fingerprint density at radius 3 is 2.44 bits per heavy atom. The number of ketones is 1. The molecule has 0 bridgehead atoms. The smallest absolute Gasteiger partial charge is 0.311 e. The molecule has 2 aliphatic carbocycles. The molecule has 0 radical (unpaired) electrons. The summed E-state index contributed by atoms with van der Waals surface area (Å²) in [6.45, 7) is 7.94. The second kappa shape index (κ2) is 3.81. The summed E-state index contributed by atoms with van der Waals surface area (Å²) in [6.07, 6.45) is 5.70. The van der Waals surface area contributed by atoms with E-state index in [1.165, 1.54) is 6.08 Å². The highest BCUT2D eigenvalue weighted by Gasteiger charge is 2.77. The van der Waals surface area contributed by atoms with Gasteiger partial charge in [0.05, 0.1) is 5.41 Å². The van der Waals surface area contributed by atoms with Crippen molar-refractivity contribution < 1.29 is 14.7 Å². The maximum atomic E-state index is 11.8. The summed E-state index contributed by atoms with van der Waals surface area (Å²) in [6, 6.07) is 0. The summed E-state index contributed by atoms with van der Waals surface area (Å²) in [4.78, 5) is 23.2. The molecule has 2 aliphatic rings. The number of rotatable bonds is 3. The molecule has 3 nitrogen and oxygen atoms in total. The third-order valence-corrected chi connectivity index (χ3v) is 4.63. The average Bonchev–Trinajstić information content (AvgIpc) is 2.57. The van der Waals surface area contributed by atoms with Crippen LogP contribution in [0.4, 0.5) is 0 Å². The lowest BCUT2D eigenvalue weighted by Crippen LogP contribution is -2.29. The summed E-state index contributed by atoms with van der Waals surface area (Å²) in [5.74, 6) is -0.898. The van der Waals surface area contributed by atoms with Crippen LogP contribution < -0.4 is 0 Å². The number of aliphatic carboxylic acids is 1. The molecular formula is C15H20O3. The van der Waals surface area contributed by atoms with Crippen molar-refractivity contribution in [2.24, 2.45) is 22.7 Å². The largest absolute Gasteiger partial charge is 0.481 e. The van der Waals surface area contributed by atoms with Crippen molar-refractivity contribution in [1.29, 1.82) is 0 Å². The fourth-order valence-corrected chi connectivity index (χ4v) is 3.68. The molecule has 0 spiro atoms. The lowest BCUT2D eigenvalue weighted by Gasteiger charge is -2.21. The SMILES string of the molecule is CC(C)=C[C@@H]1C(C)(C)[C@@]1(C(=O)O)C1C=CC(=O)C1. The summed E-state index contributed by atoms with van der Waals surface area (Å²) < 4.78 is 0. The Bertz CT molecular complexity index is 466. The highest BCUT2D eigenvalue weighted by molar-refractivity contribution is 5.94. The summed E-state index contributed by atoms with van der Waals surface area (Å²) >= 11 is 0. The van der Waals surface area contributed by atoms with Crippen molar-refractivity contribution in [2.75, 3.05) is 0 Å². The van der Waals surface area contributed by atoms with Gasteiger partial charge in [0, 0.05) is 18.3 Å². The van der Waals surface area contributed by atoms with Crippen molar-refractivity contribution in [1.82, 2.24) is 0 Å². The zero-order valence-electron chi connectivity index (χ0n) is 11.4. The lowest BCUT2D eigenvalue weighted by molar-refractivity contribution is -0.147. The first-order valence-corrected chi connectivity index (χ1v) is 6.34. The Morgan fingerprint density at radius 1 is 1.44 bits per heavy atom. The highest BCUT2D eigenvalue weighted by Crippen LogP contribution is 2.74. The molecule has 1 unspecified atom stereocenters. The first kappa shape index (κ1) is 13.1. The number of allylic oxidation sites excluding steroid dienone is 4. The van der Waals surface area contributed by atoms with E-state index in [1.54, 1.807) is 6.08 Å². The fourth-order valence-electron chi connectivity index (χ4n) is 3.68. The molecule has 1 saturated carbocycles. The monoisotopic (exact) mass is 248 g/mol. The van der Waals surface area contributed by atoms with Gasteiger partial charge in [0.25, 0.3) is 0 Å². The first-order chi connectivity index (χ1) is 8.24. The molecule has 98 valence electrons. The molecule has 2 rings (SSSR count). The van der Waals surface area contributed by atoms with Crippen LogP contribution in [0, 0.1) is 22.7 Å². The van der Waals surface area contributed by atoms with Crippen molar-refractivity contribution in [3.05, 3.63) is 23.8 Å². The normalized spacial score (nSPS) is 36.6. The molecule has 0 heterocycles. The highest BCUT2D eigenvalue weighted by atomic mass is 16.4. The quantitative estimate of drug-likeness (QED) is 0.781. The Balaban J connectivity index is 2.42. The average molecular weight is 248 g/mol. The van der Waals surface area contributed by atoms with Gasteiger partial charge in [0.1, 0.15) is 0 Å². The van der Waals surface area contributed by atoms with Crippen molar-refractivity contribution >= 4 is 11.8 Å². The third kappa shape index (κ3) is 1.49. The molecule has 3 atom stereocenters. The first-order valence-electron chi connectivity index (χ1n) is 6.34. The molecule has 1 N–H and O–H groups in total. The van der Waals surface area contributed by atoms with E-state index < -0.39 is 11.4 Å². The minimum absolute atomic E-state index is 0.00745. The van der Waals surface area contributed by atoms with E-state index in [0.717, 1.165) is 5.57 Å². The Morgan fingerprint density at radius 2 is 2.06 bits per heavy atom. The van der Waals surface area contributed by atoms with Crippen LogP contribution in [0.5, 0.6) is 0 Å².